The molecule has 3 aromatic carbocycles. The number of anilines is 1. The van der Waals surface area contributed by atoms with Crippen molar-refractivity contribution in [2.24, 2.45) is 5.10 Å². The molecular formula is C26H25N3O2. The predicted molar refractivity (Wildman–Crippen MR) is 123 cm³/mol. The molecule has 1 N–H and O–H groups in total. The molecule has 5 rings (SSSR count). The van der Waals surface area contributed by atoms with Gasteiger partial charge >= 0.3 is 6.03 Å². The zero-order valence-corrected chi connectivity index (χ0v) is 17.7. The molecule has 0 spiro atoms. The smallest absolute Gasteiger partial charge is 0.342 e. The first-order chi connectivity index (χ1) is 15.0. The molecule has 0 aromatic heterocycles. The van der Waals surface area contributed by atoms with Crippen LogP contribution in [0.1, 0.15) is 36.5 Å². The third-order valence-electron chi connectivity index (χ3n) is 5.73. The number of rotatable bonds is 3. The van der Waals surface area contributed by atoms with Crippen LogP contribution in [-0.2, 0) is 6.42 Å². The third kappa shape index (κ3) is 3.91. The van der Waals surface area contributed by atoms with Crippen LogP contribution in [0.15, 0.2) is 84.0 Å². The summed E-state index contributed by atoms with van der Waals surface area (Å²) in [6.07, 6.45) is 0.822. The quantitative estimate of drug-likeness (QED) is 0.624. The van der Waals surface area contributed by atoms with Crippen molar-refractivity contribution >= 4 is 17.4 Å². The minimum Gasteiger partial charge on any atom is -0.487 e. The van der Waals surface area contributed by atoms with Gasteiger partial charge < -0.3 is 10.1 Å². The van der Waals surface area contributed by atoms with Gasteiger partial charge in [0, 0.05) is 23.6 Å². The second-order valence-corrected chi connectivity index (χ2v) is 8.69. The van der Waals surface area contributed by atoms with Crippen LogP contribution in [0.3, 0.4) is 0 Å². The van der Waals surface area contributed by atoms with Crippen LogP contribution in [0, 0.1) is 0 Å². The number of amides is 2. The number of carbonyl (C=O) groups is 1. The Labute approximate surface area is 182 Å². The molecule has 0 unspecified atom stereocenters. The van der Waals surface area contributed by atoms with E-state index < -0.39 is 0 Å². The van der Waals surface area contributed by atoms with E-state index in [4.69, 9.17) is 9.84 Å². The van der Waals surface area contributed by atoms with Crippen molar-refractivity contribution in [2.45, 2.75) is 31.8 Å². The summed E-state index contributed by atoms with van der Waals surface area (Å²) >= 11 is 0. The highest BCUT2D eigenvalue weighted by molar-refractivity contribution is 6.07. The molecule has 5 nitrogen and oxygen atoms in total. The fourth-order valence-corrected chi connectivity index (χ4v) is 4.32. The number of hydrogen-bond donors (Lipinski definition) is 1. The van der Waals surface area contributed by atoms with Crippen molar-refractivity contribution in [3.05, 3.63) is 95.6 Å². The van der Waals surface area contributed by atoms with Crippen LogP contribution < -0.4 is 10.1 Å². The lowest BCUT2D eigenvalue weighted by molar-refractivity contribution is 0.138. The highest BCUT2D eigenvalue weighted by Gasteiger charge is 2.33. The Bertz CT molecular complexity index is 1140. The summed E-state index contributed by atoms with van der Waals surface area (Å²) in [5.41, 5.74) is 4.74. The highest BCUT2D eigenvalue weighted by Crippen LogP contribution is 2.36. The Balaban J connectivity index is 1.39. The Kier molecular flexibility index (Phi) is 4.74. The second-order valence-electron chi connectivity index (χ2n) is 8.69. The van der Waals surface area contributed by atoms with E-state index in [0.717, 1.165) is 40.3 Å². The maximum atomic E-state index is 13.1. The van der Waals surface area contributed by atoms with Crippen molar-refractivity contribution < 1.29 is 9.53 Å². The van der Waals surface area contributed by atoms with E-state index in [-0.39, 0.29) is 17.6 Å². The average molecular weight is 412 g/mol. The standard InChI is InChI=1S/C26H25N3O2/c1-26(2)16-20-15-21(13-14-23(20)31-26)27-25(30)29-17-22(18-9-5-3-6-10-18)24(28-29)19-11-7-4-8-12-19/h3-15,22H,16-17H2,1-2H3,(H,27,30)/t22-/m1/s1. The summed E-state index contributed by atoms with van der Waals surface area (Å²) < 4.78 is 5.94. The van der Waals surface area contributed by atoms with E-state index in [1.807, 2.05) is 66.7 Å². The largest absolute Gasteiger partial charge is 0.487 e. The molecule has 2 aliphatic heterocycles. The maximum absolute atomic E-state index is 13.1. The van der Waals surface area contributed by atoms with E-state index in [1.54, 1.807) is 0 Å². The van der Waals surface area contributed by atoms with Crippen LogP contribution in [0.4, 0.5) is 10.5 Å². The number of benzene rings is 3. The molecule has 2 amide bonds. The van der Waals surface area contributed by atoms with E-state index >= 15 is 0 Å². The second kappa shape index (κ2) is 7.58. The van der Waals surface area contributed by atoms with Crippen molar-refractivity contribution in [2.75, 3.05) is 11.9 Å². The van der Waals surface area contributed by atoms with Crippen molar-refractivity contribution in [3.63, 3.8) is 0 Å². The summed E-state index contributed by atoms with van der Waals surface area (Å²) in [6.45, 7) is 4.64. The SMILES string of the molecule is CC1(C)Cc2cc(NC(=O)N3C[C@H](c4ccccc4)C(c4ccccc4)=N3)ccc2O1. The fourth-order valence-electron chi connectivity index (χ4n) is 4.32. The molecule has 5 heteroatoms. The minimum absolute atomic E-state index is 0.0311. The first kappa shape index (κ1) is 19.4. The number of nitrogens with zero attached hydrogens (tertiary/aromatic N) is 2. The van der Waals surface area contributed by atoms with Gasteiger partial charge in [-0.05, 0) is 43.2 Å². The summed E-state index contributed by atoms with van der Waals surface area (Å²) in [5.74, 6) is 0.918. The summed E-state index contributed by atoms with van der Waals surface area (Å²) in [6, 6.07) is 25.9. The average Bonchev–Trinajstić information content (AvgIpc) is 3.35. The molecule has 0 radical (unpaired) electrons. The first-order valence-corrected chi connectivity index (χ1v) is 10.6. The van der Waals surface area contributed by atoms with Gasteiger partial charge in [0.15, 0.2) is 0 Å². The number of hydrazone groups is 1. The fraction of sp³-hybridized carbons (Fsp3) is 0.231. The topological polar surface area (TPSA) is 53.9 Å². The summed E-state index contributed by atoms with van der Waals surface area (Å²) in [7, 11) is 0. The normalized spacial score (nSPS) is 18.8. The molecule has 0 saturated carbocycles. The lowest BCUT2D eigenvalue weighted by Crippen LogP contribution is -2.30. The number of urea groups is 1. The van der Waals surface area contributed by atoms with Gasteiger partial charge in [0.25, 0.3) is 0 Å². The zero-order chi connectivity index (χ0) is 21.4. The van der Waals surface area contributed by atoms with Gasteiger partial charge in [-0.15, -0.1) is 0 Å². The Morgan fingerprint density at radius 2 is 1.74 bits per heavy atom. The maximum Gasteiger partial charge on any atom is 0.342 e. The monoisotopic (exact) mass is 411 g/mol. The van der Waals surface area contributed by atoms with Crippen molar-refractivity contribution in [1.82, 2.24) is 5.01 Å². The van der Waals surface area contributed by atoms with Crippen LogP contribution >= 0.6 is 0 Å². The lowest BCUT2D eigenvalue weighted by Gasteiger charge is -2.16. The Morgan fingerprint density at radius 1 is 1.03 bits per heavy atom. The van der Waals surface area contributed by atoms with Gasteiger partial charge in [-0.25, -0.2) is 9.80 Å². The molecule has 3 aromatic rings. The lowest BCUT2D eigenvalue weighted by atomic mass is 9.91. The van der Waals surface area contributed by atoms with Crippen LogP contribution in [-0.4, -0.2) is 28.9 Å². The predicted octanol–water partition coefficient (Wildman–Crippen LogP) is 5.44. The molecule has 0 fully saturated rings. The number of ether oxygens (including phenoxy) is 1. The number of carbonyl (C=O) groups excluding carboxylic acids is 1. The van der Waals surface area contributed by atoms with Crippen LogP contribution in [0.5, 0.6) is 5.75 Å². The summed E-state index contributed by atoms with van der Waals surface area (Å²) in [4.78, 5) is 13.1. The molecular weight excluding hydrogens is 386 g/mol. The van der Waals surface area contributed by atoms with Crippen molar-refractivity contribution in [3.8, 4) is 5.75 Å². The molecule has 1 atom stereocenters. The van der Waals surface area contributed by atoms with E-state index in [1.165, 1.54) is 5.01 Å². The molecule has 0 bridgehead atoms. The molecule has 0 saturated heterocycles. The third-order valence-corrected chi connectivity index (χ3v) is 5.73. The van der Waals surface area contributed by atoms with Gasteiger partial charge in [-0.1, -0.05) is 60.7 Å². The van der Waals surface area contributed by atoms with Crippen LogP contribution in [0.2, 0.25) is 0 Å². The van der Waals surface area contributed by atoms with Crippen molar-refractivity contribution in [1.29, 1.82) is 0 Å². The Hall–Kier alpha value is -3.60. The summed E-state index contributed by atoms with van der Waals surface area (Å²) in [5, 5.41) is 9.27. The van der Waals surface area contributed by atoms with Gasteiger partial charge in [0.05, 0.1) is 12.3 Å². The minimum atomic E-state index is -0.231. The highest BCUT2D eigenvalue weighted by atomic mass is 16.5. The number of nitrogens with one attached hydrogen (secondary N) is 1. The van der Waals surface area contributed by atoms with Crippen LogP contribution in [0.25, 0.3) is 0 Å². The van der Waals surface area contributed by atoms with E-state index in [2.05, 4.69) is 31.3 Å². The van der Waals surface area contributed by atoms with E-state index in [9.17, 15) is 4.79 Å². The molecule has 0 aliphatic carbocycles. The van der Waals surface area contributed by atoms with Gasteiger partial charge in [-0.3, -0.25) is 0 Å². The first-order valence-electron chi connectivity index (χ1n) is 10.6. The van der Waals surface area contributed by atoms with Gasteiger partial charge in [0.1, 0.15) is 11.4 Å². The molecule has 2 heterocycles. The zero-order valence-electron chi connectivity index (χ0n) is 17.7. The molecule has 156 valence electrons. The molecule has 31 heavy (non-hydrogen) atoms. The van der Waals surface area contributed by atoms with Gasteiger partial charge in [0.2, 0.25) is 0 Å². The number of fused-ring (bicyclic) bond motifs is 1. The van der Waals surface area contributed by atoms with Gasteiger partial charge in [-0.2, -0.15) is 5.10 Å². The Morgan fingerprint density at radius 3 is 2.48 bits per heavy atom. The van der Waals surface area contributed by atoms with E-state index in [0.29, 0.717) is 6.54 Å². The number of hydrogen-bond acceptors (Lipinski definition) is 3. The molecule has 2 aliphatic rings.